The predicted molar refractivity (Wildman–Crippen MR) is 96.7 cm³/mol. The minimum atomic E-state index is 0.535. The fourth-order valence-electron chi connectivity index (χ4n) is 4.01. The van der Waals surface area contributed by atoms with Crippen LogP contribution in [0.5, 0.6) is 0 Å². The van der Waals surface area contributed by atoms with Gasteiger partial charge in [-0.2, -0.15) is 5.10 Å². The summed E-state index contributed by atoms with van der Waals surface area (Å²) in [5, 5.41) is 8.01. The molecule has 4 nitrogen and oxygen atoms in total. The van der Waals surface area contributed by atoms with Crippen molar-refractivity contribution < 1.29 is 0 Å². The Hall–Kier alpha value is -1.55. The average Bonchev–Trinajstić information content (AvgIpc) is 3.18. The number of anilines is 1. The minimum absolute atomic E-state index is 0.535. The van der Waals surface area contributed by atoms with Gasteiger partial charge in [0.1, 0.15) is 5.82 Å². The number of nitrogens with zero attached hydrogens (tertiary/aromatic N) is 3. The van der Waals surface area contributed by atoms with Gasteiger partial charge in [-0.15, -0.1) is 0 Å². The van der Waals surface area contributed by atoms with Crippen molar-refractivity contribution in [1.82, 2.24) is 15.1 Å². The molecule has 0 aliphatic carbocycles. The summed E-state index contributed by atoms with van der Waals surface area (Å²) < 4.78 is 2.00. The van der Waals surface area contributed by atoms with Crippen molar-refractivity contribution >= 4 is 5.82 Å². The van der Waals surface area contributed by atoms with Crippen LogP contribution in [0, 0.1) is 0 Å². The highest BCUT2D eigenvalue weighted by Crippen LogP contribution is 2.30. The lowest BCUT2D eigenvalue weighted by Crippen LogP contribution is -2.39. The summed E-state index contributed by atoms with van der Waals surface area (Å²) in [6.45, 7) is 8.86. The number of hydrogen-bond acceptors (Lipinski definition) is 3. The molecule has 1 aromatic heterocycles. The lowest BCUT2D eigenvalue weighted by Gasteiger charge is -2.35. The summed E-state index contributed by atoms with van der Waals surface area (Å²) >= 11 is 0. The second-order valence-electron chi connectivity index (χ2n) is 6.85. The van der Waals surface area contributed by atoms with Crippen LogP contribution in [0.1, 0.15) is 45.4 Å². The largest absolute Gasteiger partial charge is 0.353 e. The molecule has 4 heteroatoms. The Balaban J connectivity index is 1.84. The summed E-state index contributed by atoms with van der Waals surface area (Å²) in [6.07, 6.45) is 11.5. The molecule has 2 atom stereocenters. The van der Waals surface area contributed by atoms with E-state index in [0.29, 0.717) is 12.1 Å². The highest BCUT2D eigenvalue weighted by atomic mass is 15.4. The molecule has 0 spiro atoms. The average molecular weight is 314 g/mol. The van der Waals surface area contributed by atoms with Crippen LogP contribution in [0.4, 0.5) is 5.82 Å². The molecular formula is C19H30N4. The zero-order valence-corrected chi connectivity index (χ0v) is 14.6. The second kappa shape index (κ2) is 7.35. The molecule has 1 aromatic rings. The fourth-order valence-corrected chi connectivity index (χ4v) is 4.01. The van der Waals surface area contributed by atoms with E-state index in [1.165, 1.54) is 42.6 Å². The summed E-state index contributed by atoms with van der Waals surface area (Å²) in [7, 11) is 2.04. The van der Waals surface area contributed by atoms with Gasteiger partial charge in [0.25, 0.3) is 0 Å². The molecule has 2 aliphatic heterocycles. The van der Waals surface area contributed by atoms with E-state index in [2.05, 4.69) is 41.0 Å². The summed E-state index contributed by atoms with van der Waals surface area (Å²) in [4.78, 5) is 2.54. The molecule has 0 saturated carbocycles. The van der Waals surface area contributed by atoms with Crippen molar-refractivity contribution in [2.24, 2.45) is 7.05 Å². The topological polar surface area (TPSA) is 33.1 Å². The molecule has 1 fully saturated rings. The highest BCUT2D eigenvalue weighted by molar-refractivity contribution is 5.43. The van der Waals surface area contributed by atoms with Crippen LogP contribution in [-0.2, 0) is 7.05 Å². The Morgan fingerprint density at radius 1 is 1.43 bits per heavy atom. The molecule has 0 unspecified atom stereocenters. The maximum absolute atomic E-state index is 4.39. The van der Waals surface area contributed by atoms with Crippen LogP contribution in [0.3, 0.4) is 0 Å². The standard InChI is InChI=1S/C19H30N4/c1-4-6-16-8-9-17(18-7-5-12-20-18)15(2)11-14-23(16)19-10-13-21-22(19)3/h9-10,13,16,18,20H,2,4-8,11-12,14H2,1,3H3/t16-,18+/m1/s1. The van der Waals surface area contributed by atoms with Crippen LogP contribution < -0.4 is 10.2 Å². The molecule has 3 heterocycles. The van der Waals surface area contributed by atoms with Crippen LogP contribution in [-0.4, -0.2) is 35.0 Å². The maximum atomic E-state index is 4.39. The third kappa shape index (κ3) is 3.52. The lowest BCUT2D eigenvalue weighted by molar-refractivity contribution is 0.520. The Labute approximate surface area is 140 Å². The van der Waals surface area contributed by atoms with Crippen molar-refractivity contribution in [3.8, 4) is 0 Å². The van der Waals surface area contributed by atoms with Gasteiger partial charge in [-0.3, -0.25) is 4.68 Å². The molecule has 126 valence electrons. The van der Waals surface area contributed by atoms with Gasteiger partial charge in [0.05, 0.1) is 6.20 Å². The quantitative estimate of drug-likeness (QED) is 0.924. The summed E-state index contributed by atoms with van der Waals surface area (Å²) in [6, 6.07) is 3.23. The van der Waals surface area contributed by atoms with Crippen LogP contribution in [0.25, 0.3) is 0 Å². The van der Waals surface area contributed by atoms with Gasteiger partial charge in [-0.1, -0.05) is 26.0 Å². The third-order valence-corrected chi connectivity index (χ3v) is 5.26. The molecule has 1 saturated heterocycles. The molecule has 2 aliphatic rings. The van der Waals surface area contributed by atoms with Gasteiger partial charge in [0.15, 0.2) is 0 Å². The molecule has 3 rings (SSSR count). The Morgan fingerprint density at radius 3 is 2.96 bits per heavy atom. The molecule has 23 heavy (non-hydrogen) atoms. The van der Waals surface area contributed by atoms with Crippen molar-refractivity contribution in [1.29, 1.82) is 0 Å². The van der Waals surface area contributed by atoms with Crippen LogP contribution >= 0.6 is 0 Å². The van der Waals surface area contributed by atoms with E-state index in [1.807, 2.05) is 17.9 Å². The van der Waals surface area contributed by atoms with Crippen LogP contribution in [0.2, 0.25) is 0 Å². The molecule has 0 radical (unpaired) electrons. The van der Waals surface area contributed by atoms with Gasteiger partial charge in [0.2, 0.25) is 0 Å². The van der Waals surface area contributed by atoms with E-state index >= 15 is 0 Å². The molecule has 0 bridgehead atoms. The number of nitrogens with one attached hydrogen (secondary N) is 1. The number of aromatic nitrogens is 2. The van der Waals surface area contributed by atoms with Gasteiger partial charge in [-0.25, -0.2) is 0 Å². The monoisotopic (exact) mass is 314 g/mol. The highest BCUT2D eigenvalue weighted by Gasteiger charge is 2.26. The van der Waals surface area contributed by atoms with E-state index < -0.39 is 0 Å². The molecule has 1 N–H and O–H groups in total. The van der Waals surface area contributed by atoms with E-state index in [9.17, 15) is 0 Å². The smallest absolute Gasteiger partial charge is 0.126 e. The second-order valence-corrected chi connectivity index (χ2v) is 6.85. The predicted octanol–water partition coefficient (Wildman–Crippen LogP) is 3.42. The molecule has 0 aromatic carbocycles. The van der Waals surface area contributed by atoms with E-state index in [-0.39, 0.29) is 0 Å². The van der Waals surface area contributed by atoms with E-state index in [0.717, 1.165) is 25.9 Å². The van der Waals surface area contributed by atoms with E-state index in [4.69, 9.17) is 0 Å². The fraction of sp³-hybridized carbons (Fsp3) is 0.632. The van der Waals surface area contributed by atoms with Crippen molar-refractivity contribution in [2.75, 3.05) is 18.0 Å². The zero-order chi connectivity index (χ0) is 16.2. The van der Waals surface area contributed by atoms with Gasteiger partial charge >= 0.3 is 0 Å². The minimum Gasteiger partial charge on any atom is -0.353 e. The van der Waals surface area contributed by atoms with Crippen molar-refractivity contribution in [2.45, 2.75) is 57.5 Å². The van der Waals surface area contributed by atoms with Gasteiger partial charge < -0.3 is 10.2 Å². The van der Waals surface area contributed by atoms with Crippen LogP contribution in [0.15, 0.2) is 36.1 Å². The summed E-state index contributed by atoms with van der Waals surface area (Å²) in [5.41, 5.74) is 2.79. The van der Waals surface area contributed by atoms with E-state index in [1.54, 1.807) is 0 Å². The molecular weight excluding hydrogens is 284 g/mol. The normalized spacial score (nSPS) is 26.1. The number of aryl methyl sites for hydroxylation is 1. The first kappa shape index (κ1) is 16.3. The molecule has 0 amide bonds. The summed E-state index contributed by atoms with van der Waals surface area (Å²) in [5.74, 6) is 1.23. The zero-order valence-electron chi connectivity index (χ0n) is 14.6. The van der Waals surface area contributed by atoms with Crippen molar-refractivity contribution in [3.63, 3.8) is 0 Å². The number of rotatable bonds is 4. The Bertz CT molecular complexity index is 566. The Kier molecular flexibility index (Phi) is 5.21. The Morgan fingerprint density at radius 2 is 2.30 bits per heavy atom. The van der Waals surface area contributed by atoms with Crippen molar-refractivity contribution in [3.05, 3.63) is 36.1 Å². The maximum Gasteiger partial charge on any atom is 0.126 e. The first-order valence-corrected chi connectivity index (χ1v) is 9.07. The SMILES string of the molecule is C=C1CCN(c2ccnn2C)[C@H](CCC)CC=C1[C@@H]1CCCN1. The van der Waals surface area contributed by atoms with Gasteiger partial charge in [0, 0.05) is 31.7 Å². The lowest BCUT2D eigenvalue weighted by atomic mass is 9.91. The first-order valence-electron chi connectivity index (χ1n) is 9.07. The third-order valence-electron chi connectivity index (χ3n) is 5.26. The first-order chi connectivity index (χ1) is 11.2. The number of hydrogen-bond donors (Lipinski definition) is 1. The van der Waals surface area contributed by atoms with Gasteiger partial charge in [-0.05, 0) is 49.8 Å².